The first-order valence-corrected chi connectivity index (χ1v) is 7.25. The molecule has 1 heterocycles. The summed E-state index contributed by atoms with van der Waals surface area (Å²) >= 11 is 4.97. The lowest BCUT2D eigenvalue weighted by Gasteiger charge is -2.27. The average Bonchev–Trinajstić information content (AvgIpc) is 2.85. The van der Waals surface area contributed by atoms with Gasteiger partial charge in [0.1, 0.15) is 4.99 Å². The van der Waals surface area contributed by atoms with Gasteiger partial charge in [0.15, 0.2) is 0 Å². The molecule has 108 valence electrons. The Labute approximate surface area is 125 Å². The van der Waals surface area contributed by atoms with Crippen molar-refractivity contribution >= 4 is 23.1 Å². The molecule has 1 aromatic carbocycles. The molecule has 0 bridgehead atoms. The van der Waals surface area contributed by atoms with Crippen molar-refractivity contribution in [2.24, 2.45) is 5.73 Å². The molecule has 4 nitrogen and oxygen atoms in total. The molecule has 0 radical (unpaired) electrons. The fourth-order valence-electron chi connectivity index (χ4n) is 2.69. The maximum atomic E-state index is 12.6. The molecule has 1 aliphatic rings. The number of hydrogen-bond donors (Lipinski definition) is 1. The maximum absolute atomic E-state index is 12.6. The molecule has 1 amide bonds. The lowest BCUT2D eigenvalue weighted by Crippen LogP contribution is -2.41. The number of amides is 1. The second-order valence-electron chi connectivity index (χ2n) is 5.50. The van der Waals surface area contributed by atoms with Crippen LogP contribution < -0.4 is 5.73 Å². The van der Waals surface area contributed by atoms with E-state index in [1.165, 1.54) is 0 Å². The van der Waals surface area contributed by atoms with Crippen molar-refractivity contribution in [2.75, 3.05) is 27.2 Å². The maximum Gasteiger partial charge on any atom is 0.254 e. The van der Waals surface area contributed by atoms with Crippen molar-refractivity contribution in [3.63, 3.8) is 0 Å². The first kappa shape index (κ1) is 14.9. The predicted octanol–water partition coefficient (Wildman–Crippen LogP) is 1.49. The number of likely N-dealkylation sites (tertiary alicyclic amines) is 1. The van der Waals surface area contributed by atoms with Crippen molar-refractivity contribution in [2.45, 2.75) is 18.9 Å². The van der Waals surface area contributed by atoms with E-state index < -0.39 is 0 Å². The molecule has 1 aromatic rings. The smallest absolute Gasteiger partial charge is 0.254 e. The summed E-state index contributed by atoms with van der Waals surface area (Å²) in [6.07, 6.45) is 2.14. The number of rotatable bonds is 4. The van der Waals surface area contributed by atoms with Crippen LogP contribution in [0.5, 0.6) is 0 Å². The number of hydrogen-bond acceptors (Lipinski definition) is 3. The highest BCUT2D eigenvalue weighted by Gasteiger charge is 2.29. The van der Waals surface area contributed by atoms with E-state index in [-0.39, 0.29) is 5.91 Å². The highest BCUT2D eigenvalue weighted by molar-refractivity contribution is 7.80. The zero-order chi connectivity index (χ0) is 14.7. The third-order valence-corrected chi connectivity index (χ3v) is 3.84. The summed E-state index contributed by atoms with van der Waals surface area (Å²) in [4.78, 5) is 17.1. The molecule has 1 saturated heterocycles. The van der Waals surface area contributed by atoms with E-state index in [9.17, 15) is 4.79 Å². The Morgan fingerprint density at radius 3 is 2.80 bits per heavy atom. The van der Waals surface area contributed by atoms with Gasteiger partial charge in [-0.2, -0.15) is 0 Å². The number of likely N-dealkylation sites (N-methyl/N-ethyl adjacent to an activating group) is 1. The van der Waals surface area contributed by atoms with Gasteiger partial charge in [0.05, 0.1) is 0 Å². The van der Waals surface area contributed by atoms with Gasteiger partial charge >= 0.3 is 0 Å². The summed E-state index contributed by atoms with van der Waals surface area (Å²) in [6, 6.07) is 7.58. The van der Waals surface area contributed by atoms with E-state index in [1.54, 1.807) is 6.07 Å². The molecule has 0 aliphatic carbocycles. The van der Waals surface area contributed by atoms with Gasteiger partial charge in [-0.3, -0.25) is 4.79 Å². The third-order valence-electron chi connectivity index (χ3n) is 3.61. The van der Waals surface area contributed by atoms with Crippen LogP contribution in [0.2, 0.25) is 0 Å². The van der Waals surface area contributed by atoms with E-state index in [0.29, 0.717) is 16.6 Å². The van der Waals surface area contributed by atoms with Gasteiger partial charge in [0.2, 0.25) is 0 Å². The standard InChI is InChI=1S/C15H21N3OS/c1-17(2)10-13-7-4-8-18(13)15(19)12-6-3-5-11(9-12)14(16)20/h3,5-6,9,13H,4,7-8,10H2,1-2H3,(H2,16,20). The minimum Gasteiger partial charge on any atom is -0.389 e. The Hall–Kier alpha value is -1.46. The van der Waals surface area contributed by atoms with Crippen molar-refractivity contribution in [3.05, 3.63) is 35.4 Å². The summed E-state index contributed by atoms with van der Waals surface area (Å²) in [7, 11) is 4.07. The first-order chi connectivity index (χ1) is 9.49. The van der Waals surface area contributed by atoms with Gasteiger partial charge in [0, 0.05) is 30.3 Å². The van der Waals surface area contributed by atoms with Crippen molar-refractivity contribution < 1.29 is 4.79 Å². The third kappa shape index (κ3) is 3.35. The van der Waals surface area contributed by atoms with Crippen LogP contribution in [0.4, 0.5) is 0 Å². The second-order valence-corrected chi connectivity index (χ2v) is 5.94. The molecule has 2 N–H and O–H groups in total. The first-order valence-electron chi connectivity index (χ1n) is 6.84. The van der Waals surface area contributed by atoms with Crippen molar-refractivity contribution in [1.29, 1.82) is 0 Å². The molecule has 1 aliphatic heterocycles. The van der Waals surface area contributed by atoms with Crippen LogP contribution in [0.15, 0.2) is 24.3 Å². The Morgan fingerprint density at radius 2 is 2.15 bits per heavy atom. The normalized spacial score (nSPS) is 18.6. The molecule has 1 atom stereocenters. The summed E-state index contributed by atoms with van der Waals surface area (Å²) in [5.74, 6) is 0.0763. The van der Waals surface area contributed by atoms with Gasteiger partial charge in [-0.25, -0.2) is 0 Å². The summed E-state index contributed by atoms with van der Waals surface area (Å²) in [6.45, 7) is 1.73. The SMILES string of the molecule is CN(C)CC1CCCN1C(=O)c1cccc(C(N)=S)c1. The molecule has 0 saturated carbocycles. The summed E-state index contributed by atoms with van der Waals surface area (Å²) in [5, 5.41) is 0. The average molecular weight is 291 g/mol. The fraction of sp³-hybridized carbons (Fsp3) is 0.467. The Bertz CT molecular complexity index is 516. The number of nitrogens with zero attached hydrogens (tertiary/aromatic N) is 2. The molecule has 20 heavy (non-hydrogen) atoms. The highest BCUT2D eigenvalue weighted by atomic mass is 32.1. The molecule has 2 rings (SSSR count). The number of benzene rings is 1. The minimum atomic E-state index is 0.0763. The van der Waals surface area contributed by atoms with Crippen LogP contribution in [-0.4, -0.2) is 53.9 Å². The molecular formula is C15H21N3OS. The van der Waals surface area contributed by atoms with E-state index in [2.05, 4.69) is 4.90 Å². The van der Waals surface area contributed by atoms with Crippen LogP contribution in [0.1, 0.15) is 28.8 Å². The lowest BCUT2D eigenvalue weighted by atomic mass is 10.1. The molecule has 0 aromatic heterocycles. The van der Waals surface area contributed by atoms with E-state index >= 15 is 0 Å². The second kappa shape index (κ2) is 6.33. The lowest BCUT2D eigenvalue weighted by molar-refractivity contribution is 0.0716. The molecule has 5 heteroatoms. The van der Waals surface area contributed by atoms with E-state index in [0.717, 1.165) is 31.5 Å². The number of carbonyl (C=O) groups excluding carboxylic acids is 1. The Kier molecular flexibility index (Phi) is 4.73. The van der Waals surface area contributed by atoms with Crippen LogP contribution in [0.3, 0.4) is 0 Å². The molecule has 1 fully saturated rings. The van der Waals surface area contributed by atoms with Gasteiger partial charge in [-0.15, -0.1) is 0 Å². The summed E-state index contributed by atoms with van der Waals surface area (Å²) < 4.78 is 0. The quantitative estimate of drug-likeness (QED) is 0.854. The van der Waals surface area contributed by atoms with Gasteiger partial charge in [0.25, 0.3) is 5.91 Å². The zero-order valence-electron chi connectivity index (χ0n) is 12.0. The highest BCUT2D eigenvalue weighted by Crippen LogP contribution is 2.21. The van der Waals surface area contributed by atoms with Gasteiger partial charge < -0.3 is 15.5 Å². The van der Waals surface area contributed by atoms with Crippen LogP contribution in [0.25, 0.3) is 0 Å². The molecular weight excluding hydrogens is 270 g/mol. The zero-order valence-corrected chi connectivity index (χ0v) is 12.8. The predicted molar refractivity (Wildman–Crippen MR) is 84.9 cm³/mol. The van der Waals surface area contributed by atoms with Crippen LogP contribution in [0, 0.1) is 0 Å². The van der Waals surface area contributed by atoms with Gasteiger partial charge in [-0.05, 0) is 39.1 Å². The number of nitrogens with two attached hydrogens (primary N) is 1. The topological polar surface area (TPSA) is 49.6 Å². The van der Waals surface area contributed by atoms with Crippen LogP contribution >= 0.6 is 12.2 Å². The Morgan fingerprint density at radius 1 is 1.45 bits per heavy atom. The monoisotopic (exact) mass is 291 g/mol. The minimum absolute atomic E-state index is 0.0763. The van der Waals surface area contributed by atoms with E-state index in [1.807, 2.05) is 37.2 Å². The molecule has 0 spiro atoms. The van der Waals surface area contributed by atoms with Crippen molar-refractivity contribution in [1.82, 2.24) is 9.80 Å². The fourth-order valence-corrected chi connectivity index (χ4v) is 2.81. The van der Waals surface area contributed by atoms with Gasteiger partial charge in [-0.1, -0.05) is 24.4 Å². The summed E-state index contributed by atoms with van der Waals surface area (Å²) in [5.41, 5.74) is 7.04. The van der Waals surface area contributed by atoms with E-state index in [4.69, 9.17) is 18.0 Å². The van der Waals surface area contributed by atoms with Crippen molar-refractivity contribution in [3.8, 4) is 0 Å². The largest absolute Gasteiger partial charge is 0.389 e. The number of thiocarbonyl (C=S) groups is 1. The molecule has 1 unspecified atom stereocenters. The Balaban J connectivity index is 2.18. The van der Waals surface area contributed by atoms with Crippen LogP contribution in [-0.2, 0) is 0 Å². The number of carbonyl (C=O) groups is 1.